The van der Waals surface area contributed by atoms with Crippen LogP contribution in [0.1, 0.15) is 16.7 Å². The number of benzene rings is 2. The predicted molar refractivity (Wildman–Crippen MR) is 101 cm³/mol. The van der Waals surface area contributed by atoms with Gasteiger partial charge in [0.2, 0.25) is 5.91 Å². The van der Waals surface area contributed by atoms with E-state index in [1.807, 2.05) is 44.2 Å². The Morgan fingerprint density at radius 3 is 2.38 bits per heavy atom. The van der Waals surface area contributed by atoms with Gasteiger partial charge in [-0.05, 0) is 64.7 Å². The van der Waals surface area contributed by atoms with Crippen LogP contribution in [0.25, 0.3) is 6.08 Å². The third-order valence-corrected chi connectivity index (χ3v) is 4.20. The number of hydrogen-bond acceptors (Lipinski definition) is 3. The number of carbonyl (C=O) groups is 1. The zero-order valence-corrected chi connectivity index (χ0v) is 15.7. The molecule has 0 saturated heterocycles. The number of anilines is 1. The molecule has 0 aliphatic carbocycles. The van der Waals surface area contributed by atoms with E-state index in [0.717, 1.165) is 26.9 Å². The second-order valence-corrected chi connectivity index (χ2v) is 6.18. The van der Waals surface area contributed by atoms with E-state index in [1.165, 1.54) is 6.08 Å². The van der Waals surface area contributed by atoms with Crippen molar-refractivity contribution in [3.63, 3.8) is 0 Å². The average molecular weight is 390 g/mol. The highest BCUT2D eigenvalue weighted by Crippen LogP contribution is 2.36. The summed E-state index contributed by atoms with van der Waals surface area (Å²) in [6.45, 7) is 3.94. The highest BCUT2D eigenvalue weighted by Gasteiger charge is 2.10. The lowest BCUT2D eigenvalue weighted by atomic mass is 10.1. The first kappa shape index (κ1) is 18.1. The zero-order chi connectivity index (χ0) is 17.7. The van der Waals surface area contributed by atoms with Crippen molar-refractivity contribution in [1.29, 1.82) is 0 Å². The van der Waals surface area contributed by atoms with E-state index in [2.05, 4.69) is 21.2 Å². The minimum Gasteiger partial charge on any atom is -0.493 e. The van der Waals surface area contributed by atoms with Gasteiger partial charge >= 0.3 is 0 Å². The second kappa shape index (κ2) is 8.02. The van der Waals surface area contributed by atoms with Gasteiger partial charge in [-0.15, -0.1) is 0 Å². The number of para-hydroxylation sites is 1. The summed E-state index contributed by atoms with van der Waals surface area (Å²) in [6, 6.07) is 9.59. The maximum atomic E-state index is 12.2. The molecule has 2 aromatic rings. The molecule has 0 aromatic heterocycles. The summed E-state index contributed by atoms with van der Waals surface area (Å²) in [5, 5.41) is 2.92. The molecule has 4 nitrogen and oxygen atoms in total. The van der Waals surface area contributed by atoms with Crippen LogP contribution < -0.4 is 14.8 Å². The van der Waals surface area contributed by atoms with E-state index in [4.69, 9.17) is 9.47 Å². The van der Waals surface area contributed by atoms with Crippen molar-refractivity contribution in [1.82, 2.24) is 0 Å². The Morgan fingerprint density at radius 1 is 1.12 bits per heavy atom. The molecule has 0 spiro atoms. The first-order chi connectivity index (χ1) is 11.5. The van der Waals surface area contributed by atoms with E-state index < -0.39 is 0 Å². The van der Waals surface area contributed by atoms with Gasteiger partial charge in [0.05, 0.1) is 18.7 Å². The van der Waals surface area contributed by atoms with Crippen molar-refractivity contribution in [2.75, 3.05) is 19.5 Å². The molecule has 2 aromatic carbocycles. The maximum Gasteiger partial charge on any atom is 0.248 e. The van der Waals surface area contributed by atoms with Crippen molar-refractivity contribution < 1.29 is 14.3 Å². The smallest absolute Gasteiger partial charge is 0.248 e. The molecular weight excluding hydrogens is 370 g/mol. The molecule has 1 N–H and O–H groups in total. The summed E-state index contributed by atoms with van der Waals surface area (Å²) >= 11 is 3.44. The summed E-state index contributed by atoms with van der Waals surface area (Å²) < 4.78 is 11.3. The largest absolute Gasteiger partial charge is 0.493 e. The Hall–Kier alpha value is -2.27. The highest BCUT2D eigenvalue weighted by molar-refractivity contribution is 9.10. The van der Waals surface area contributed by atoms with Crippen LogP contribution >= 0.6 is 15.9 Å². The summed E-state index contributed by atoms with van der Waals surface area (Å²) in [5.41, 5.74) is 3.74. The fourth-order valence-corrected chi connectivity index (χ4v) is 3.00. The number of halogens is 1. The number of hydrogen-bond donors (Lipinski definition) is 1. The number of methoxy groups -OCH3 is 2. The van der Waals surface area contributed by atoms with E-state index in [1.54, 1.807) is 20.3 Å². The van der Waals surface area contributed by atoms with Crippen LogP contribution in [0.3, 0.4) is 0 Å². The van der Waals surface area contributed by atoms with Crippen LogP contribution in [0.5, 0.6) is 11.5 Å². The Morgan fingerprint density at radius 2 is 1.79 bits per heavy atom. The number of ether oxygens (including phenoxy) is 2. The van der Waals surface area contributed by atoms with Gasteiger partial charge < -0.3 is 14.8 Å². The molecule has 0 saturated carbocycles. The number of nitrogens with one attached hydrogen (secondary N) is 1. The SMILES string of the molecule is COc1cc(C=CC(=O)Nc2c(C)cccc2C)cc(Br)c1OC. The molecule has 0 fully saturated rings. The number of carbonyl (C=O) groups excluding carboxylic acids is 1. The summed E-state index contributed by atoms with van der Waals surface area (Å²) in [6.07, 6.45) is 3.23. The second-order valence-electron chi connectivity index (χ2n) is 5.33. The van der Waals surface area contributed by atoms with Crippen LogP contribution in [0.2, 0.25) is 0 Å². The third-order valence-electron chi connectivity index (χ3n) is 3.61. The Balaban J connectivity index is 2.19. The van der Waals surface area contributed by atoms with Gasteiger partial charge in [-0.1, -0.05) is 18.2 Å². The van der Waals surface area contributed by atoms with Crippen LogP contribution in [-0.4, -0.2) is 20.1 Å². The number of amides is 1. The molecule has 24 heavy (non-hydrogen) atoms. The van der Waals surface area contributed by atoms with Gasteiger partial charge in [0.15, 0.2) is 11.5 Å². The van der Waals surface area contributed by atoms with Gasteiger partial charge in [-0.25, -0.2) is 0 Å². The lowest BCUT2D eigenvalue weighted by Crippen LogP contribution is -2.10. The molecule has 0 bridgehead atoms. The van der Waals surface area contributed by atoms with Crippen LogP contribution in [0.15, 0.2) is 40.9 Å². The summed E-state index contributed by atoms with van der Waals surface area (Å²) in [4.78, 5) is 12.2. The van der Waals surface area contributed by atoms with Crippen molar-refractivity contribution in [2.45, 2.75) is 13.8 Å². The van der Waals surface area contributed by atoms with Crippen LogP contribution in [0.4, 0.5) is 5.69 Å². The molecular formula is C19H20BrNO3. The van der Waals surface area contributed by atoms with Crippen molar-refractivity contribution in [3.8, 4) is 11.5 Å². The molecule has 0 radical (unpaired) electrons. The van der Waals surface area contributed by atoms with Crippen LogP contribution in [0, 0.1) is 13.8 Å². The quantitative estimate of drug-likeness (QED) is 0.751. The van der Waals surface area contributed by atoms with Crippen molar-refractivity contribution in [2.24, 2.45) is 0 Å². The molecule has 0 unspecified atom stereocenters. The maximum absolute atomic E-state index is 12.2. The van der Waals surface area contributed by atoms with Gasteiger partial charge in [-0.2, -0.15) is 0 Å². The lowest BCUT2D eigenvalue weighted by molar-refractivity contribution is -0.111. The molecule has 0 atom stereocenters. The molecule has 2 rings (SSSR count). The van der Waals surface area contributed by atoms with E-state index in [9.17, 15) is 4.79 Å². The monoisotopic (exact) mass is 389 g/mol. The van der Waals surface area contributed by atoms with E-state index in [-0.39, 0.29) is 5.91 Å². The Kier molecular flexibility index (Phi) is 6.04. The average Bonchev–Trinajstić information content (AvgIpc) is 2.55. The first-order valence-corrected chi connectivity index (χ1v) is 8.22. The molecule has 5 heteroatoms. The zero-order valence-electron chi connectivity index (χ0n) is 14.1. The Bertz CT molecular complexity index is 764. The van der Waals surface area contributed by atoms with Crippen LogP contribution in [-0.2, 0) is 4.79 Å². The Labute approximate surface area is 150 Å². The third kappa shape index (κ3) is 4.17. The normalized spacial score (nSPS) is 10.7. The summed E-state index contributed by atoms with van der Waals surface area (Å²) in [7, 11) is 3.15. The minimum atomic E-state index is -0.182. The number of aryl methyl sites for hydroxylation is 2. The number of rotatable bonds is 5. The van der Waals surface area contributed by atoms with Crippen molar-refractivity contribution >= 4 is 33.6 Å². The molecule has 0 heterocycles. The highest BCUT2D eigenvalue weighted by atomic mass is 79.9. The van der Waals surface area contributed by atoms with Crippen molar-refractivity contribution in [3.05, 3.63) is 57.6 Å². The molecule has 0 aliphatic rings. The lowest BCUT2D eigenvalue weighted by Gasteiger charge is -2.11. The van der Waals surface area contributed by atoms with Gasteiger partial charge in [0.1, 0.15) is 0 Å². The van der Waals surface area contributed by atoms with E-state index >= 15 is 0 Å². The fourth-order valence-electron chi connectivity index (χ4n) is 2.38. The first-order valence-electron chi connectivity index (χ1n) is 7.43. The fraction of sp³-hybridized carbons (Fsp3) is 0.211. The molecule has 126 valence electrons. The predicted octanol–water partition coefficient (Wildman–Crippen LogP) is 4.74. The summed E-state index contributed by atoms with van der Waals surface area (Å²) in [5.74, 6) is 1.04. The van der Waals surface area contributed by atoms with Gasteiger partial charge in [0, 0.05) is 11.8 Å². The molecule has 0 aliphatic heterocycles. The topological polar surface area (TPSA) is 47.6 Å². The standard InChI is InChI=1S/C19H20BrNO3/c1-12-6-5-7-13(2)18(12)21-17(22)9-8-14-10-15(20)19(24-4)16(11-14)23-3/h5-11H,1-4H3,(H,21,22). The van der Waals surface area contributed by atoms with Gasteiger partial charge in [-0.3, -0.25) is 4.79 Å². The van der Waals surface area contributed by atoms with Gasteiger partial charge in [0.25, 0.3) is 0 Å². The molecule has 1 amide bonds. The minimum absolute atomic E-state index is 0.182. The van der Waals surface area contributed by atoms with E-state index in [0.29, 0.717) is 11.5 Å².